The van der Waals surface area contributed by atoms with E-state index < -0.39 is 11.5 Å². The zero-order chi connectivity index (χ0) is 13.6. The third kappa shape index (κ3) is 1.86. The molecule has 3 aliphatic rings. The molecule has 3 fully saturated rings. The molecule has 0 spiro atoms. The standard InChI is InChI=1S/C14H21N3O2/c15-7-10-5-9-6-11(9)17(10)13(19)12(16)14(8-18)3-1-2-4-14/h9-12,18H,1-6,8,16H2/t9-,10?,11+,12?/m1/s1. The number of fused-ring (bicyclic) bond motifs is 1. The minimum absolute atomic E-state index is 0.0287. The van der Waals surface area contributed by atoms with Crippen molar-refractivity contribution in [1.29, 1.82) is 5.26 Å². The molecule has 5 heteroatoms. The molecule has 0 aromatic rings. The maximum absolute atomic E-state index is 12.6. The smallest absolute Gasteiger partial charge is 0.241 e. The van der Waals surface area contributed by atoms with E-state index in [9.17, 15) is 9.90 Å². The van der Waals surface area contributed by atoms with Gasteiger partial charge in [-0.2, -0.15) is 5.26 Å². The predicted octanol–water partition coefficient (Wildman–Crippen LogP) is 0.379. The molecule has 2 saturated carbocycles. The van der Waals surface area contributed by atoms with Crippen molar-refractivity contribution in [2.45, 2.75) is 56.7 Å². The molecule has 0 aromatic carbocycles. The topological polar surface area (TPSA) is 90.4 Å². The van der Waals surface area contributed by atoms with E-state index in [0.29, 0.717) is 5.92 Å². The van der Waals surface area contributed by atoms with Gasteiger partial charge in [0.05, 0.1) is 18.7 Å². The first kappa shape index (κ1) is 12.9. The molecule has 3 rings (SSSR count). The second kappa shape index (κ2) is 4.46. The summed E-state index contributed by atoms with van der Waals surface area (Å²) in [5, 5.41) is 18.8. The second-order valence-electron chi connectivity index (χ2n) is 6.39. The lowest BCUT2D eigenvalue weighted by atomic mass is 9.79. The maximum atomic E-state index is 12.6. The van der Waals surface area contributed by atoms with Crippen LogP contribution in [0.1, 0.15) is 38.5 Å². The Hall–Kier alpha value is -1.12. The highest BCUT2D eigenvalue weighted by molar-refractivity contribution is 5.84. The van der Waals surface area contributed by atoms with Crippen LogP contribution in [0.4, 0.5) is 0 Å². The van der Waals surface area contributed by atoms with Gasteiger partial charge < -0.3 is 15.7 Å². The number of piperidine rings is 1. The molecule has 0 radical (unpaired) electrons. The number of carbonyl (C=O) groups excluding carboxylic acids is 1. The van der Waals surface area contributed by atoms with Crippen LogP contribution in [-0.4, -0.2) is 40.6 Å². The number of amides is 1. The van der Waals surface area contributed by atoms with E-state index in [-0.39, 0.29) is 24.6 Å². The van der Waals surface area contributed by atoms with E-state index in [1.165, 1.54) is 0 Å². The van der Waals surface area contributed by atoms with Crippen LogP contribution in [0.5, 0.6) is 0 Å². The van der Waals surface area contributed by atoms with Crippen molar-refractivity contribution in [3.05, 3.63) is 0 Å². The number of rotatable bonds is 3. The first-order valence-corrected chi connectivity index (χ1v) is 7.21. The quantitative estimate of drug-likeness (QED) is 0.770. The zero-order valence-electron chi connectivity index (χ0n) is 11.1. The van der Waals surface area contributed by atoms with E-state index in [0.717, 1.165) is 38.5 Å². The number of nitrogens with two attached hydrogens (primary N) is 1. The lowest BCUT2D eigenvalue weighted by Gasteiger charge is -2.36. The Labute approximate surface area is 113 Å². The van der Waals surface area contributed by atoms with Crippen LogP contribution in [0.25, 0.3) is 0 Å². The molecule has 4 atom stereocenters. The summed E-state index contributed by atoms with van der Waals surface area (Å²) < 4.78 is 0. The average molecular weight is 263 g/mol. The van der Waals surface area contributed by atoms with Crippen LogP contribution < -0.4 is 5.73 Å². The van der Waals surface area contributed by atoms with E-state index in [4.69, 9.17) is 11.0 Å². The fraction of sp³-hybridized carbons (Fsp3) is 0.857. The minimum atomic E-state index is -0.657. The van der Waals surface area contributed by atoms with Gasteiger partial charge in [0.1, 0.15) is 6.04 Å². The molecule has 1 heterocycles. The predicted molar refractivity (Wildman–Crippen MR) is 68.7 cm³/mol. The molecule has 2 aliphatic carbocycles. The van der Waals surface area contributed by atoms with Crippen molar-refractivity contribution in [2.75, 3.05) is 6.61 Å². The molecule has 19 heavy (non-hydrogen) atoms. The van der Waals surface area contributed by atoms with Crippen LogP contribution in [0.3, 0.4) is 0 Å². The summed E-state index contributed by atoms with van der Waals surface area (Å²) in [5.74, 6) is 0.391. The Bertz CT molecular complexity index is 425. The highest BCUT2D eigenvalue weighted by Crippen LogP contribution is 2.49. The largest absolute Gasteiger partial charge is 0.396 e. The second-order valence-corrected chi connectivity index (χ2v) is 6.39. The molecule has 3 N–H and O–H groups in total. The van der Waals surface area contributed by atoms with Gasteiger partial charge in [-0.1, -0.05) is 12.8 Å². The fourth-order valence-corrected chi connectivity index (χ4v) is 3.96. The van der Waals surface area contributed by atoms with Gasteiger partial charge in [0, 0.05) is 11.5 Å². The molecule has 5 nitrogen and oxygen atoms in total. The fourth-order valence-electron chi connectivity index (χ4n) is 3.96. The summed E-state index contributed by atoms with van der Waals surface area (Å²) in [6, 6.07) is 1.49. The molecular formula is C14H21N3O2. The summed E-state index contributed by atoms with van der Waals surface area (Å²) in [4.78, 5) is 14.4. The number of nitrogens with zero attached hydrogens (tertiary/aromatic N) is 2. The Kier molecular flexibility index (Phi) is 3.03. The van der Waals surface area contributed by atoms with Crippen molar-refractivity contribution in [3.63, 3.8) is 0 Å². The minimum Gasteiger partial charge on any atom is -0.396 e. The van der Waals surface area contributed by atoms with Gasteiger partial charge in [-0.05, 0) is 31.6 Å². The van der Waals surface area contributed by atoms with E-state index in [2.05, 4.69) is 6.07 Å². The average Bonchev–Trinajstić information content (AvgIpc) is 2.91. The third-order valence-electron chi connectivity index (χ3n) is 5.35. The summed E-state index contributed by atoms with van der Waals surface area (Å²) in [5.41, 5.74) is 5.73. The monoisotopic (exact) mass is 263 g/mol. The van der Waals surface area contributed by atoms with E-state index in [1.807, 2.05) is 0 Å². The molecule has 104 valence electrons. The summed E-state index contributed by atoms with van der Waals surface area (Å²) in [6.45, 7) is -0.0287. The summed E-state index contributed by atoms with van der Waals surface area (Å²) >= 11 is 0. The SMILES string of the molecule is N#CC1C[C@@H]2C[C@@H]2N1C(=O)C(N)C1(CO)CCCC1. The van der Waals surface area contributed by atoms with Gasteiger partial charge in [0.25, 0.3) is 0 Å². The Morgan fingerprint density at radius 1 is 1.47 bits per heavy atom. The zero-order valence-corrected chi connectivity index (χ0v) is 11.1. The van der Waals surface area contributed by atoms with Crippen LogP contribution in [0, 0.1) is 22.7 Å². The van der Waals surface area contributed by atoms with Gasteiger partial charge in [0.15, 0.2) is 0 Å². The highest BCUT2D eigenvalue weighted by atomic mass is 16.3. The van der Waals surface area contributed by atoms with Crippen LogP contribution in [0.2, 0.25) is 0 Å². The first-order valence-electron chi connectivity index (χ1n) is 7.21. The molecule has 0 bridgehead atoms. The highest BCUT2D eigenvalue weighted by Gasteiger charge is 2.56. The van der Waals surface area contributed by atoms with Crippen molar-refractivity contribution < 1.29 is 9.90 Å². The number of hydrogen-bond donors (Lipinski definition) is 2. The van der Waals surface area contributed by atoms with Gasteiger partial charge >= 0.3 is 0 Å². The van der Waals surface area contributed by atoms with Gasteiger partial charge in [-0.15, -0.1) is 0 Å². The summed E-state index contributed by atoms with van der Waals surface area (Å²) in [6.07, 6.45) is 5.49. The number of carbonyl (C=O) groups is 1. The van der Waals surface area contributed by atoms with Gasteiger partial charge in [-0.3, -0.25) is 4.79 Å². The van der Waals surface area contributed by atoms with Crippen molar-refractivity contribution in [2.24, 2.45) is 17.1 Å². The molecule has 2 unspecified atom stereocenters. The molecule has 0 aromatic heterocycles. The number of likely N-dealkylation sites (tertiary alicyclic amines) is 1. The van der Waals surface area contributed by atoms with E-state index in [1.54, 1.807) is 4.90 Å². The lowest BCUT2D eigenvalue weighted by Crippen LogP contribution is -2.55. The van der Waals surface area contributed by atoms with Crippen molar-refractivity contribution in [3.8, 4) is 6.07 Å². The number of aliphatic hydroxyl groups is 1. The Morgan fingerprint density at radius 2 is 2.16 bits per heavy atom. The molecular weight excluding hydrogens is 242 g/mol. The van der Waals surface area contributed by atoms with E-state index >= 15 is 0 Å². The van der Waals surface area contributed by atoms with Crippen molar-refractivity contribution in [1.82, 2.24) is 4.90 Å². The normalized spacial score (nSPS) is 36.7. The number of aliphatic hydroxyl groups excluding tert-OH is 1. The van der Waals surface area contributed by atoms with Crippen LogP contribution in [-0.2, 0) is 4.79 Å². The molecule has 1 saturated heterocycles. The third-order valence-corrected chi connectivity index (χ3v) is 5.35. The molecule has 1 aliphatic heterocycles. The van der Waals surface area contributed by atoms with Gasteiger partial charge in [0.2, 0.25) is 5.91 Å². The Morgan fingerprint density at radius 3 is 2.74 bits per heavy atom. The number of nitriles is 1. The lowest BCUT2D eigenvalue weighted by molar-refractivity contribution is -0.137. The number of hydrogen-bond acceptors (Lipinski definition) is 4. The van der Waals surface area contributed by atoms with Crippen LogP contribution in [0.15, 0.2) is 0 Å². The van der Waals surface area contributed by atoms with Gasteiger partial charge in [-0.25, -0.2) is 0 Å². The maximum Gasteiger partial charge on any atom is 0.241 e. The Balaban J connectivity index is 1.78. The van der Waals surface area contributed by atoms with Crippen LogP contribution >= 0.6 is 0 Å². The summed E-state index contributed by atoms with van der Waals surface area (Å²) in [7, 11) is 0. The first-order chi connectivity index (χ1) is 9.13. The van der Waals surface area contributed by atoms with Crippen molar-refractivity contribution >= 4 is 5.91 Å². The molecule has 1 amide bonds.